The highest BCUT2D eigenvalue weighted by Crippen LogP contribution is 2.19. The number of rotatable bonds is 6. The molecule has 1 aliphatic heterocycles. The van der Waals surface area contributed by atoms with Gasteiger partial charge >= 0.3 is 0 Å². The molecule has 2 N–H and O–H groups in total. The summed E-state index contributed by atoms with van der Waals surface area (Å²) in [6, 6.07) is 6.29. The van der Waals surface area contributed by atoms with Crippen molar-refractivity contribution in [1.29, 1.82) is 0 Å². The fourth-order valence-corrected chi connectivity index (χ4v) is 5.20. The highest BCUT2D eigenvalue weighted by molar-refractivity contribution is 7.88. The molecular weight excluding hydrogens is 423 g/mol. The first kappa shape index (κ1) is 21.3. The van der Waals surface area contributed by atoms with E-state index < -0.39 is 10.0 Å². The van der Waals surface area contributed by atoms with Crippen LogP contribution < -0.4 is 5.32 Å². The fraction of sp³-hybridized carbons (Fsp3) is 0.400. The van der Waals surface area contributed by atoms with E-state index in [4.69, 9.17) is 4.52 Å². The Morgan fingerprint density at radius 3 is 2.81 bits per heavy atom. The summed E-state index contributed by atoms with van der Waals surface area (Å²) >= 11 is 0. The average Bonchev–Trinajstić information content (AvgIpc) is 3.40. The number of H-pyrrole nitrogens is 1. The van der Waals surface area contributed by atoms with E-state index in [9.17, 15) is 12.8 Å². The molecule has 11 heteroatoms. The maximum Gasteiger partial charge on any atom is 0.220 e. The summed E-state index contributed by atoms with van der Waals surface area (Å²) in [7, 11) is -1.73. The van der Waals surface area contributed by atoms with Gasteiger partial charge in [-0.15, -0.1) is 0 Å². The van der Waals surface area contributed by atoms with Crippen molar-refractivity contribution >= 4 is 26.9 Å². The molecule has 0 unspecified atom stereocenters. The van der Waals surface area contributed by atoms with E-state index in [0.29, 0.717) is 38.4 Å². The number of nitrogens with zero attached hydrogens (tertiary/aromatic N) is 4. The van der Waals surface area contributed by atoms with Crippen LogP contribution in [0.15, 0.2) is 46.2 Å². The van der Waals surface area contributed by atoms with Crippen molar-refractivity contribution in [3.8, 4) is 0 Å². The van der Waals surface area contributed by atoms with Crippen LogP contribution in [-0.2, 0) is 22.2 Å². The average molecular weight is 449 g/mol. The molecule has 1 fully saturated rings. The summed E-state index contributed by atoms with van der Waals surface area (Å²) in [6.07, 6.45) is 4.01. The highest BCUT2D eigenvalue weighted by Gasteiger charge is 2.28. The number of aromatic amines is 1. The van der Waals surface area contributed by atoms with Crippen molar-refractivity contribution in [3.63, 3.8) is 0 Å². The summed E-state index contributed by atoms with van der Waals surface area (Å²) < 4.78 is 44.7. The molecule has 166 valence electrons. The molecule has 31 heavy (non-hydrogen) atoms. The monoisotopic (exact) mass is 448 g/mol. The number of fused-ring (bicyclic) bond motifs is 1. The van der Waals surface area contributed by atoms with Gasteiger partial charge in [0.15, 0.2) is 5.96 Å². The van der Waals surface area contributed by atoms with Gasteiger partial charge in [0.05, 0.1) is 5.69 Å². The number of halogens is 1. The Morgan fingerprint density at radius 1 is 1.29 bits per heavy atom. The number of guanidine groups is 1. The smallest absolute Gasteiger partial charge is 0.220 e. The van der Waals surface area contributed by atoms with Crippen molar-refractivity contribution in [3.05, 3.63) is 53.8 Å². The van der Waals surface area contributed by atoms with E-state index >= 15 is 0 Å². The van der Waals surface area contributed by atoms with Crippen LogP contribution in [0.3, 0.4) is 0 Å². The van der Waals surface area contributed by atoms with Crippen LogP contribution in [0.25, 0.3) is 10.9 Å². The molecule has 2 aromatic heterocycles. The number of benzene rings is 1. The molecule has 0 aliphatic carbocycles. The first-order valence-electron chi connectivity index (χ1n) is 10.0. The van der Waals surface area contributed by atoms with E-state index in [-0.39, 0.29) is 11.6 Å². The van der Waals surface area contributed by atoms with Crippen LogP contribution >= 0.6 is 0 Å². The second-order valence-electron chi connectivity index (χ2n) is 7.36. The Balaban J connectivity index is 1.29. The number of piperazine rings is 1. The second kappa shape index (κ2) is 9.06. The lowest BCUT2D eigenvalue weighted by molar-refractivity contribution is 0.260. The van der Waals surface area contributed by atoms with Gasteiger partial charge in [0.2, 0.25) is 10.0 Å². The largest absolute Gasteiger partial charge is 0.364 e. The lowest BCUT2D eigenvalue weighted by Crippen LogP contribution is -2.54. The van der Waals surface area contributed by atoms with Gasteiger partial charge in [-0.1, -0.05) is 5.16 Å². The zero-order chi connectivity index (χ0) is 21.8. The SMILES string of the molecule is CN=C(NCCc1c[nH]c2cc(F)ccc12)N1CCN(S(=O)(=O)Cc2ccon2)CC1. The van der Waals surface area contributed by atoms with E-state index in [2.05, 4.69) is 20.4 Å². The normalized spacial score (nSPS) is 16.2. The quantitative estimate of drug-likeness (QED) is 0.438. The summed E-state index contributed by atoms with van der Waals surface area (Å²) in [5, 5.41) is 8.03. The first-order chi connectivity index (χ1) is 15.0. The molecule has 0 atom stereocenters. The van der Waals surface area contributed by atoms with Crippen LogP contribution in [0.5, 0.6) is 0 Å². The van der Waals surface area contributed by atoms with Crippen molar-refractivity contribution in [2.75, 3.05) is 39.8 Å². The topological polar surface area (TPSA) is 107 Å². The van der Waals surface area contributed by atoms with Gasteiger partial charge in [0, 0.05) is 62.9 Å². The van der Waals surface area contributed by atoms with E-state index in [1.54, 1.807) is 19.2 Å². The number of aromatic nitrogens is 2. The Hall–Kier alpha value is -2.92. The van der Waals surface area contributed by atoms with Crippen LogP contribution in [0.4, 0.5) is 4.39 Å². The number of nitrogens with one attached hydrogen (secondary N) is 2. The standard InChI is InChI=1S/C20H25FN6O3S/c1-22-20(23-6-4-15-13-24-19-12-16(21)2-3-18(15)19)26-7-9-27(10-8-26)31(28,29)14-17-5-11-30-25-17/h2-3,5,11-13,24H,4,6-10,14H2,1H3,(H,22,23). The predicted octanol–water partition coefficient (Wildman–Crippen LogP) is 1.56. The minimum Gasteiger partial charge on any atom is -0.364 e. The highest BCUT2D eigenvalue weighted by atomic mass is 32.2. The third kappa shape index (κ3) is 4.88. The lowest BCUT2D eigenvalue weighted by atomic mass is 10.1. The molecule has 0 bridgehead atoms. The lowest BCUT2D eigenvalue weighted by Gasteiger charge is -2.35. The molecule has 0 spiro atoms. The first-order valence-corrected chi connectivity index (χ1v) is 11.7. The van der Waals surface area contributed by atoms with E-state index in [1.807, 2.05) is 11.1 Å². The predicted molar refractivity (Wildman–Crippen MR) is 116 cm³/mol. The molecular formula is C20H25FN6O3S. The number of hydrogen-bond acceptors (Lipinski definition) is 5. The Kier molecular flexibility index (Phi) is 6.23. The van der Waals surface area contributed by atoms with Crippen molar-refractivity contribution in [2.24, 2.45) is 4.99 Å². The van der Waals surface area contributed by atoms with Crippen LogP contribution in [0.1, 0.15) is 11.3 Å². The van der Waals surface area contributed by atoms with Gasteiger partial charge in [0.25, 0.3) is 0 Å². The second-order valence-corrected chi connectivity index (χ2v) is 9.33. The van der Waals surface area contributed by atoms with E-state index in [1.165, 1.54) is 22.7 Å². The molecule has 1 aromatic carbocycles. The fourth-order valence-electron chi connectivity index (χ4n) is 3.77. The molecule has 1 saturated heterocycles. The van der Waals surface area contributed by atoms with Gasteiger partial charge < -0.3 is 19.7 Å². The minimum atomic E-state index is -3.44. The zero-order valence-electron chi connectivity index (χ0n) is 17.2. The maximum atomic E-state index is 13.3. The van der Waals surface area contributed by atoms with Gasteiger partial charge in [-0.2, -0.15) is 4.31 Å². The van der Waals surface area contributed by atoms with E-state index in [0.717, 1.165) is 28.8 Å². The Bertz CT molecular complexity index is 1150. The molecule has 0 radical (unpaired) electrons. The minimum absolute atomic E-state index is 0.162. The summed E-state index contributed by atoms with van der Waals surface area (Å²) in [4.78, 5) is 9.48. The van der Waals surface area contributed by atoms with Gasteiger partial charge in [0.1, 0.15) is 17.8 Å². The molecule has 3 heterocycles. The van der Waals surface area contributed by atoms with Gasteiger partial charge in [-0.05, 0) is 30.2 Å². The number of sulfonamides is 1. The zero-order valence-corrected chi connectivity index (χ0v) is 18.0. The molecule has 4 rings (SSSR count). The third-order valence-corrected chi connectivity index (χ3v) is 7.18. The summed E-state index contributed by atoms with van der Waals surface area (Å²) in [6.45, 7) is 2.51. The van der Waals surface area contributed by atoms with Crippen molar-refractivity contribution in [2.45, 2.75) is 12.2 Å². The van der Waals surface area contributed by atoms with Crippen LogP contribution in [-0.4, -0.2) is 73.5 Å². The summed E-state index contributed by atoms with van der Waals surface area (Å²) in [5.74, 6) is 0.311. The van der Waals surface area contributed by atoms with Crippen molar-refractivity contribution < 1.29 is 17.3 Å². The Labute approximate surface area is 180 Å². The van der Waals surface area contributed by atoms with Crippen LogP contribution in [0, 0.1) is 5.82 Å². The molecule has 1 aliphatic rings. The Morgan fingerprint density at radius 2 is 2.10 bits per heavy atom. The van der Waals surface area contributed by atoms with Gasteiger partial charge in [-0.3, -0.25) is 4.99 Å². The third-order valence-electron chi connectivity index (χ3n) is 5.37. The molecule has 3 aromatic rings. The van der Waals surface area contributed by atoms with Crippen LogP contribution in [0.2, 0.25) is 0 Å². The van der Waals surface area contributed by atoms with Crippen molar-refractivity contribution in [1.82, 2.24) is 24.7 Å². The maximum absolute atomic E-state index is 13.3. The molecule has 0 amide bonds. The molecule has 0 saturated carbocycles. The number of hydrogen-bond donors (Lipinski definition) is 2. The van der Waals surface area contributed by atoms with Gasteiger partial charge in [-0.25, -0.2) is 12.8 Å². The molecule has 9 nitrogen and oxygen atoms in total. The summed E-state index contributed by atoms with van der Waals surface area (Å²) in [5.41, 5.74) is 2.28. The number of aliphatic imine (C=N–C) groups is 1.